The van der Waals surface area contributed by atoms with Crippen molar-refractivity contribution < 1.29 is 18.7 Å². The predicted molar refractivity (Wildman–Crippen MR) is 91.8 cm³/mol. The van der Waals surface area contributed by atoms with E-state index in [4.69, 9.17) is 4.74 Å². The van der Waals surface area contributed by atoms with E-state index in [0.717, 1.165) is 5.56 Å². The van der Waals surface area contributed by atoms with Gasteiger partial charge in [0, 0.05) is 18.7 Å². The van der Waals surface area contributed by atoms with Gasteiger partial charge in [-0.05, 0) is 61.7 Å². The van der Waals surface area contributed by atoms with Crippen LogP contribution >= 0.6 is 0 Å². The first kappa shape index (κ1) is 17.1. The van der Waals surface area contributed by atoms with Gasteiger partial charge in [0.05, 0.1) is 5.92 Å². The third kappa shape index (κ3) is 4.24. The van der Waals surface area contributed by atoms with Crippen molar-refractivity contribution in [3.8, 4) is 5.75 Å². The summed E-state index contributed by atoms with van der Waals surface area (Å²) in [5, 5.41) is 0. The van der Waals surface area contributed by atoms with Crippen molar-refractivity contribution in [2.45, 2.75) is 19.8 Å². The van der Waals surface area contributed by atoms with Crippen LogP contribution in [0.15, 0.2) is 48.5 Å². The van der Waals surface area contributed by atoms with Crippen LogP contribution in [-0.4, -0.2) is 29.9 Å². The second kappa shape index (κ2) is 7.47. The molecule has 1 saturated heterocycles. The number of benzene rings is 2. The molecule has 0 aliphatic carbocycles. The number of aryl methyl sites for hydroxylation is 1. The van der Waals surface area contributed by atoms with Crippen molar-refractivity contribution >= 4 is 11.9 Å². The summed E-state index contributed by atoms with van der Waals surface area (Å²) < 4.78 is 18.4. The summed E-state index contributed by atoms with van der Waals surface area (Å²) in [6.07, 6.45) is 1.13. The van der Waals surface area contributed by atoms with Crippen LogP contribution in [0.3, 0.4) is 0 Å². The summed E-state index contributed by atoms with van der Waals surface area (Å²) in [4.78, 5) is 26.4. The molecule has 2 aromatic rings. The zero-order valence-electron chi connectivity index (χ0n) is 14.1. The van der Waals surface area contributed by atoms with E-state index in [0.29, 0.717) is 37.2 Å². The Morgan fingerprint density at radius 1 is 1.08 bits per heavy atom. The first-order chi connectivity index (χ1) is 12.0. The van der Waals surface area contributed by atoms with E-state index in [-0.39, 0.29) is 23.6 Å². The minimum absolute atomic E-state index is 0.134. The van der Waals surface area contributed by atoms with Gasteiger partial charge in [-0.2, -0.15) is 0 Å². The number of amides is 1. The van der Waals surface area contributed by atoms with Crippen molar-refractivity contribution in [3.05, 3.63) is 65.5 Å². The van der Waals surface area contributed by atoms with Gasteiger partial charge < -0.3 is 9.64 Å². The SMILES string of the molecule is Cc1cccc(OC(=O)C2CCN(C(=O)c3ccc(F)cc3)CC2)c1. The largest absolute Gasteiger partial charge is 0.426 e. The molecule has 3 rings (SSSR count). The van der Waals surface area contributed by atoms with E-state index >= 15 is 0 Å². The van der Waals surface area contributed by atoms with Gasteiger partial charge in [-0.25, -0.2) is 4.39 Å². The standard InChI is InChI=1S/C20H20FNO3/c1-14-3-2-4-18(13-14)25-20(24)16-9-11-22(12-10-16)19(23)15-5-7-17(21)8-6-15/h2-8,13,16H,9-12H2,1H3. The van der Waals surface area contributed by atoms with E-state index in [2.05, 4.69) is 0 Å². The molecule has 0 radical (unpaired) electrons. The van der Waals surface area contributed by atoms with Crippen LogP contribution < -0.4 is 4.74 Å². The van der Waals surface area contributed by atoms with Crippen LogP contribution in [0.2, 0.25) is 0 Å². The number of halogens is 1. The number of carbonyl (C=O) groups excluding carboxylic acids is 2. The Balaban J connectivity index is 1.55. The zero-order valence-corrected chi connectivity index (χ0v) is 14.1. The average molecular weight is 341 g/mol. The van der Waals surface area contributed by atoms with Gasteiger partial charge in [-0.15, -0.1) is 0 Å². The quantitative estimate of drug-likeness (QED) is 0.633. The summed E-state index contributed by atoms with van der Waals surface area (Å²) in [6.45, 7) is 2.92. The van der Waals surface area contributed by atoms with Gasteiger partial charge in [0.25, 0.3) is 5.91 Å². The van der Waals surface area contributed by atoms with Crippen LogP contribution in [-0.2, 0) is 4.79 Å². The van der Waals surface area contributed by atoms with Crippen molar-refractivity contribution in [1.82, 2.24) is 4.90 Å². The Kier molecular flexibility index (Phi) is 5.12. The van der Waals surface area contributed by atoms with Crippen LogP contribution in [0.4, 0.5) is 4.39 Å². The maximum Gasteiger partial charge on any atom is 0.314 e. The molecule has 0 atom stereocenters. The monoisotopic (exact) mass is 341 g/mol. The molecule has 1 fully saturated rings. The molecule has 0 saturated carbocycles. The highest BCUT2D eigenvalue weighted by Crippen LogP contribution is 2.22. The van der Waals surface area contributed by atoms with Crippen molar-refractivity contribution in [3.63, 3.8) is 0 Å². The first-order valence-electron chi connectivity index (χ1n) is 8.36. The lowest BCUT2D eigenvalue weighted by Gasteiger charge is -2.31. The van der Waals surface area contributed by atoms with Gasteiger partial charge in [0.15, 0.2) is 0 Å². The number of ether oxygens (including phenoxy) is 1. The van der Waals surface area contributed by atoms with Gasteiger partial charge >= 0.3 is 5.97 Å². The molecule has 0 N–H and O–H groups in total. The normalized spacial score (nSPS) is 15.0. The van der Waals surface area contributed by atoms with E-state index in [1.54, 1.807) is 11.0 Å². The highest BCUT2D eigenvalue weighted by Gasteiger charge is 2.29. The number of carbonyl (C=O) groups is 2. The summed E-state index contributed by atoms with van der Waals surface area (Å²) in [5.74, 6) is -0.410. The number of hydrogen-bond acceptors (Lipinski definition) is 3. The van der Waals surface area contributed by atoms with Gasteiger partial charge in [0.2, 0.25) is 0 Å². The van der Waals surface area contributed by atoms with Crippen molar-refractivity contribution in [1.29, 1.82) is 0 Å². The number of nitrogens with zero attached hydrogens (tertiary/aromatic N) is 1. The molecule has 130 valence electrons. The van der Waals surface area contributed by atoms with Crippen LogP contribution in [0.1, 0.15) is 28.8 Å². The zero-order chi connectivity index (χ0) is 17.8. The van der Waals surface area contributed by atoms with Crippen LogP contribution in [0, 0.1) is 18.7 Å². The number of likely N-dealkylation sites (tertiary alicyclic amines) is 1. The van der Waals surface area contributed by atoms with Crippen molar-refractivity contribution in [2.24, 2.45) is 5.92 Å². The molecule has 1 aliphatic heterocycles. The third-order valence-electron chi connectivity index (χ3n) is 4.41. The minimum Gasteiger partial charge on any atom is -0.426 e. The Morgan fingerprint density at radius 3 is 2.40 bits per heavy atom. The summed E-state index contributed by atoms with van der Waals surface area (Å²) in [5.41, 5.74) is 1.49. The Labute approximate surface area is 146 Å². The van der Waals surface area contributed by atoms with E-state index in [1.165, 1.54) is 24.3 Å². The average Bonchev–Trinajstić information content (AvgIpc) is 2.62. The number of rotatable bonds is 3. The molecular formula is C20H20FNO3. The lowest BCUT2D eigenvalue weighted by molar-refractivity contribution is -0.140. The molecule has 0 bridgehead atoms. The molecule has 2 aromatic carbocycles. The van der Waals surface area contributed by atoms with Gasteiger partial charge in [-0.1, -0.05) is 12.1 Å². The molecule has 4 nitrogen and oxygen atoms in total. The molecule has 5 heteroatoms. The molecule has 1 amide bonds. The summed E-state index contributed by atoms with van der Waals surface area (Å²) in [6, 6.07) is 12.9. The Bertz CT molecular complexity index is 765. The van der Waals surface area contributed by atoms with Crippen molar-refractivity contribution in [2.75, 3.05) is 13.1 Å². The smallest absolute Gasteiger partial charge is 0.314 e. The summed E-state index contributed by atoms with van der Waals surface area (Å²) >= 11 is 0. The first-order valence-corrected chi connectivity index (χ1v) is 8.36. The molecule has 1 aliphatic rings. The molecule has 25 heavy (non-hydrogen) atoms. The molecule has 0 aromatic heterocycles. The topological polar surface area (TPSA) is 46.6 Å². The minimum atomic E-state index is -0.367. The maximum atomic E-state index is 13.0. The number of hydrogen-bond donors (Lipinski definition) is 0. The lowest BCUT2D eigenvalue weighted by atomic mass is 9.96. The molecular weight excluding hydrogens is 321 g/mol. The van der Waals surface area contributed by atoms with Gasteiger partial charge in [0.1, 0.15) is 11.6 Å². The fraction of sp³-hybridized carbons (Fsp3) is 0.300. The lowest BCUT2D eigenvalue weighted by Crippen LogP contribution is -2.41. The van der Waals surface area contributed by atoms with Crippen LogP contribution in [0.25, 0.3) is 0 Å². The van der Waals surface area contributed by atoms with E-state index in [9.17, 15) is 14.0 Å². The fourth-order valence-electron chi connectivity index (χ4n) is 2.97. The fourth-order valence-corrected chi connectivity index (χ4v) is 2.97. The molecule has 0 unspecified atom stereocenters. The molecule has 1 heterocycles. The van der Waals surface area contributed by atoms with Crippen LogP contribution in [0.5, 0.6) is 5.75 Å². The van der Waals surface area contributed by atoms with E-state index in [1.807, 2.05) is 25.1 Å². The second-order valence-corrected chi connectivity index (χ2v) is 6.31. The highest BCUT2D eigenvalue weighted by atomic mass is 19.1. The summed E-state index contributed by atoms with van der Waals surface area (Å²) in [7, 11) is 0. The Hall–Kier alpha value is -2.69. The number of esters is 1. The maximum absolute atomic E-state index is 13.0. The predicted octanol–water partition coefficient (Wildman–Crippen LogP) is 3.59. The van der Waals surface area contributed by atoms with E-state index < -0.39 is 0 Å². The van der Waals surface area contributed by atoms with Gasteiger partial charge in [-0.3, -0.25) is 9.59 Å². The Morgan fingerprint density at radius 2 is 1.76 bits per heavy atom. The highest BCUT2D eigenvalue weighted by molar-refractivity contribution is 5.94. The third-order valence-corrected chi connectivity index (χ3v) is 4.41. The second-order valence-electron chi connectivity index (χ2n) is 6.31. The number of piperidine rings is 1. The molecule has 0 spiro atoms.